The molecule has 0 aliphatic rings. The summed E-state index contributed by atoms with van der Waals surface area (Å²) in [4.78, 5) is 0. The van der Waals surface area contributed by atoms with Crippen LogP contribution >= 0.6 is 0 Å². The van der Waals surface area contributed by atoms with E-state index >= 15 is 0 Å². The number of benzene rings is 5. The van der Waals surface area contributed by atoms with Crippen molar-refractivity contribution < 1.29 is 0 Å². The van der Waals surface area contributed by atoms with Crippen LogP contribution in [0.1, 0.15) is 55.6 Å². The molecule has 4 nitrogen and oxygen atoms in total. The minimum absolute atomic E-state index is 0.982. The standard InChI is InChI=1S/C46H46N4/c1-31-25-33(3)45(34(4)26-31)43-21-23-47-49(43)41-11-7-9-39(29-41)19-17-37-13-15-38(16-14-37)18-20-40-10-8-12-42(30-40)50-44(22-24-48-50)46-35(5)27-32(2)28-36(46)6/h7-16,21-30H,17-20H2,1-6H3. The first-order chi connectivity index (χ1) is 24.2. The van der Waals surface area contributed by atoms with Gasteiger partial charge in [-0.1, -0.05) is 83.9 Å². The van der Waals surface area contributed by atoms with Crippen molar-refractivity contribution in [3.05, 3.63) is 177 Å². The molecule has 0 unspecified atom stereocenters. The third-order valence-corrected chi connectivity index (χ3v) is 9.89. The molecule has 50 heavy (non-hydrogen) atoms. The average Bonchev–Trinajstić information content (AvgIpc) is 3.77. The summed E-state index contributed by atoms with van der Waals surface area (Å²) in [7, 11) is 0. The van der Waals surface area contributed by atoms with Crippen LogP contribution < -0.4 is 0 Å². The van der Waals surface area contributed by atoms with E-state index in [0.29, 0.717) is 0 Å². The van der Waals surface area contributed by atoms with E-state index in [0.717, 1.165) is 48.4 Å². The molecule has 0 N–H and O–H groups in total. The number of hydrogen-bond acceptors (Lipinski definition) is 2. The fourth-order valence-electron chi connectivity index (χ4n) is 7.70. The van der Waals surface area contributed by atoms with Crippen LogP contribution in [0.4, 0.5) is 0 Å². The van der Waals surface area contributed by atoms with Crippen LogP contribution in [-0.4, -0.2) is 19.6 Å². The fourth-order valence-corrected chi connectivity index (χ4v) is 7.70. The van der Waals surface area contributed by atoms with Gasteiger partial charge in [0.05, 0.1) is 35.2 Å². The van der Waals surface area contributed by atoms with Crippen LogP contribution in [0.2, 0.25) is 0 Å². The van der Waals surface area contributed by atoms with Crippen molar-refractivity contribution in [3.8, 4) is 33.9 Å². The smallest absolute Gasteiger partial charge is 0.0746 e. The molecule has 0 fully saturated rings. The zero-order valence-corrected chi connectivity index (χ0v) is 30.2. The van der Waals surface area contributed by atoms with Gasteiger partial charge in [-0.15, -0.1) is 0 Å². The van der Waals surface area contributed by atoms with Gasteiger partial charge >= 0.3 is 0 Å². The van der Waals surface area contributed by atoms with E-state index in [1.165, 1.54) is 66.8 Å². The van der Waals surface area contributed by atoms with Crippen molar-refractivity contribution >= 4 is 0 Å². The zero-order chi connectivity index (χ0) is 34.8. The van der Waals surface area contributed by atoms with Crippen LogP contribution in [0.3, 0.4) is 0 Å². The summed E-state index contributed by atoms with van der Waals surface area (Å²) in [6, 6.07) is 40.1. The first kappa shape index (κ1) is 33.0. The lowest BCUT2D eigenvalue weighted by atomic mass is 9.97. The highest BCUT2D eigenvalue weighted by atomic mass is 15.3. The highest BCUT2D eigenvalue weighted by Gasteiger charge is 2.15. The molecule has 0 aliphatic heterocycles. The van der Waals surface area contributed by atoms with Crippen molar-refractivity contribution in [1.29, 1.82) is 0 Å². The van der Waals surface area contributed by atoms with Crippen LogP contribution in [-0.2, 0) is 25.7 Å². The Morgan fingerprint density at radius 1 is 0.400 bits per heavy atom. The molecule has 0 atom stereocenters. The summed E-state index contributed by atoms with van der Waals surface area (Å²) in [5.41, 5.74) is 20.1. The Balaban J connectivity index is 0.994. The molecule has 0 amide bonds. The van der Waals surface area contributed by atoms with E-state index in [1.54, 1.807) is 0 Å². The van der Waals surface area contributed by atoms with Crippen LogP contribution in [0.5, 0.6) is 0 Å². The highest BCUT2D eigenvalue weighted by molar-refractivity contribution is 5.71. The van der Waals surface area contributed by atoms with Crippen molar-refractivity contribution in [1.82, 2.24) is 19.6 Å². The van der Waals surface area contributed by atoms with Crippen LogP contribution in [0.25, 0.3) is 33.9 Å². The number of rotatable bonds is 10. The first-order valence-electron chi connectivity index (χ1n) is 17.7. The minimum Gasteiger partial charge on any atom is -0.233 e. The largest absolute Gasteiger partial charge is 0.233 e. The Morgan fingerprint density at radius 2 is 0.760 bits per heavy atom. The van der Waals surface area contributed by atoms with Gasteiger partial charge in [0.1, 0.15) is 0 Å². The van der Waals surface area contributed by atoms with E-state index in [2.05, 4.69) is 160 Å². The average molecular weight is 655 g/mol. The molecule has 0 bridgehead atoms. The topological polar surface area (TPSA) is 35.6 Å². The monoisotopic (exact) mass is 654 g/mol. The molecule has 0 aliphatic carbocycles. The summed E-state index contributed by atoms with van der Waals surface area (Å²) in [6.07, 6.45) is 7.78. The summed E-state index contributed by atoms with van der Waals surface area (Å²) in [5, 5.41) is 9.46. The van der Waals surface area contributed by atoms with Crippen molar-refractivity contribution in [2.75, 3.05) is 0 Å². The Hall–Kier alpha value is -5.48. The highest BCUT2D eigenvalue weighted by Crippen LogP contribution is 2.32. The summed E-state index contributed by atoms with van der Waals surface area (Å²) < 4.78 is 4.16. The van der Waals surface area contributed by atoms with E-state index in [4.69, 9.17) is 10.2 Å². The lowest BCUT2D eigenvalue weighted by molar-refractivity contribution is 0.876. The van der Waals surface area contributed by atoms with Crippen LogP contribution in [0.15, 0.2) is 122 Å². The predicted octanol–water partition coefficient (Wildman–Crippen LogP) is 10.8. The molecule has 0 radical (unpaired) electrons. The first-order valence-corrected chi connectivity index (χ1v) is 17.7. The molecule has 0 spiro atoms. The molecule has 5 aromatic carbocycles. The van der Waals surface area contributed by atoms with Gasteiger partial charge < -0.3 is 0 Å². The minimum atomic E-state index is 0.982. The lowest BCUT2D eigenvalue weighted by Gasteiger charge is -2.14. The molecule has 2 aromatic heterocycles. The van der Waals surface area contributed by atoms with Crippen molar-refractivity contribution in [2.24, 2.45) is 0 Å². The third kappa shape index (κ3) is 6.97. The maximum atomic E-state index is 4.73. The third-order valence-electron chi connectivity index (χ3n) is 9.89. The quantitative estimate of drug-likeness (QED) is 0.147. The van der Waals surface area contributed by atoms with Gasteiger partial charge in [0, 0.05) is 11.1 Å². The molecule has 7 rings (SSSR count). The van der Waals surface area contributed by atoms with Gasteiger partial charge in [-0.3, -0.25) is 0 Å². The Bertz CT molecular complexity index is 2070. The van der Waals surface area contributed by atoms with Crippen LogP contribution in [0, 0.1) is 41.5 Å². The number of aromatic nitrogens is 4. The molecule has 2 heterocycles. The molecule has 0 saturated heterocycles. The summed E-state index contributed by atoms with van der Waals surface area (Å²) in [5.74, 6) is 0. The maximum Gasteiger partial charge on any atom is 0.0746 e. The maximum absolute atomic E-state index is 4.73. The Labute approximate surface area is 297 Å². The zero-order valence-electron chi connectivity index (χ0n) is 30.2. The fraction of sp³-hybridized carbons (Fsp3) is 0.217. The lowest BCUT2D eigenvalue weighted by Crippen LogP contribution is -2.03. The predicted molar refractivity (Wildman–Crippen MR) is 208 cm³/mol. The van der Waals surface area contributed by atoms with Gasteiger partial charge in [-0.2, -0.15) is 10.2 Å². The second kappa shape index (κ2) is 14.2. The molecule has 0 saturated carbocycles. The van der Waals surface area contributed by atoms with E-state index in [-0.39, 0.29) is 0 Å². The van der Waals surface area contributed by atoms with E-state index < -0.39 is 0 Å². The molecule has 250 valence electrons. The number of aryl methyl sites for hydroxylation is 10. The van der Waals surface area contributed by atoms with E-state index in [1.807, 2.05) is 12.4 Å². The van der Waals surface area contributed by atoms with Gasteiger partial charge in [0.15, 0.2) is 0 Å². The number of nitrogens with zero attached hydrogens (tertiary/aromatic N) is 4. The SMILES string of the molecule is Cc1cc(C)c(-c2ccnn2-c2cccc(CCc3ccc(CCc4cccc(-n5nccc5-c5c(C)cc(C)cc5C)c4)cc3)c2)c(C)c1. The van der Waals surface area contributed by atoms with Gasteiger partial charge in [-0.25, -0.2) is 9.36 Å². The number of hydrogen-bond donors (Lipinski definition) is 0. The van der Waals surface area contributed by atoms with Gasteiger partial charge in [-0.05, 0) is 148 Å². The Kier molecular flexibility index (Phi) is 9.36. The van der Waals surface area contributed by atoms with Gasteiger partial charge in [0.25, 0.3) is 0 Å². The molecular weight excluding hydrogens is 609 g/mol. The normalized spacial score (nSPS) is 11.3. The second-order valence-electron chi connectivity index (χ2n) is 14.0. The Morgan fingerprint density at radius 3 is 1.14 bits per heavy atom. The molecular formula is C46H46N4. The summed E-state index contributed by atoms with van der Waals surface area (Å²) in [6.45, 7) is 13.1. The summed E-state index contributed by atoms with van der Waals surface area (Å²) >= 11 is 0. The van der Waals surface area contributed by atoms with Crippen molar-refractivity contribution in [3.63, 3.8) is 0 Å². The second-order valence-corrected chi connectivity index (χ2v) is 14.0. The molecule has 7 aromatic rings. The van der Waals surface area contributed by atoms with Gasteiger partial charge in [0.2, 0.25) is 0 Å². The molecule has 4 heteroatoms. The van der Waals surface area contributed by atoms with E-state index in [9.17, 15) is 0 Å². The van der Waals surface area contributed by atoms with Crippen molar-refractivity contribution in [2.45, 2.75) is 67.2 Å².